The van der Waals surface area contributed by atoms with Gasteiger partial charge in [-0.05, 0) is 42.3 Å². The highest BCUT2D eigenvalue weighted by Gasteiger charge is 2.20. The van der Waals surface area contributed by atoms with Crippen molar-refractivity contribution in [2.45, 2.75) is 6.92 Å². The van der Waals surface area contributed by atoms with E-state index < -0.39 is 4.92 Å². The zero-order valence-electron chi connectivity index (χ0n) is 18.0. The van der Waals surface area contributed by atoms with E-state index >= 15 is 0 Å². The van der Waals surface area contributed by atoms with E-state index in [0.717, 1.165) is 11.1 Å². The van der Waals surface area contributed by atoms with E-state index in [4.69, 9.17) is 4.74 Å². The van der Waals surface area contributed by atoms with Crippen molar-refractivity contribution in [1.29, 1.82) is 0 Å². The average Bonchev–Trinajstić information content (AvgIpc) is 2.82. The number of methoxy groups -OCH3 is 1. The Bertz CT molecular complexity index is 1410. The quantitative estimate of drug-likeness (QED) is 0.228. The Morgan fingerprint density at radius 2 is 1.82 bits per heavy atom. The molecule has 0 atom stereocenters. The number of phenolic OH excluding ortho intramolecular Hbond substituents is 1. The van der Waals surface area contributed by atoms with E-state index in [-0.39, 0.29) is 17.2 Å². The zero-order valence-corrected chi connectivity index (χ0v) is 18.0. The molecule has 0 aliphatic carbocycles. The minimum Gasteiger partial charge on any atom is -0.504 e. The predicted octanol–water partition coefficient (Wildman–Crippen LogP) is 5.90. The third kappa shape index (κ3) is 4.29. The minimum absolute atomic E-state index is 0.0239. The first kappa shape index (κ1) is 21.7. The molecule has 1 N–H and O–H groups in total. The molecule has 0 radical (unpaired) electrons. The lowest BCUT2D eigenvalue weighted by atomic mass is 9.91. The minimum atomic E-state index is -0.465. The number of phenols is 1. The molecule has 0 fully saturated rings. The summed E-state index contributed by atoms with van der Waals surface area (Å²) in [5.41, 5.74) is 3.37. The highest BCUT2D eigenvalue weighted by atomic mass is 16.6. The number of aromatic hydroxyl groups is 1. The summed E-state index contributed by atoms with van der Waals surface area (Å²) in [5, 5.41) is 21.7. The van der Waals surface area contributed by atoms with Gasteiger partial charge in [0, 0.05) is 23.1 Å². The molecule has 0 amide bonds. The van der Waals surface area contributed by atoms with Gasteiger partial charge in [-0.3, -0.25) is 14.9 Å². The molecule has 0 unspecified atom stereocenters. The maximum Gasteiger partial charge on any atom is 0.270 e. The Morgan fingerprint density at radius 1 is 1.06 bits per heavy atom. The molecule has 7 heteroatoms. The first-order valence-corrected chi connectivity index (χ1v) is 10.1. The Kier molecular flexibility index (Phi) is 5.87. The lowest BCUT2D eigenvalue weighted by Crippen LogP contribution is -2.04. The van der Waals surface area contributed by atoms with E-state index in [1.165, 1.54) is 32.2 Å². The number of hydrogen-bond acceptors (Lipinski definition) is 6. The summed E-state index contributed by atoms with van der Waals surface area (Å²) in [7, 11) is 1.46. The largest absolute Gasteiger partial charge is 0.504 e. The van der Waals surface area contributed by atoms with Crippen LogP contribution in [0.3, 0.4) is 0 Å². The van der Waals surface area contributed by atoms with Gasteiger partial charge in [-0.1, -0.05) is 42.5 Å². The molecule has 4 rings (SSSR count). The van der Waals surface area contributed by atoms with E-state index in [2.05, 4.69) is 4.98 Å². The number of ketones is 1. The number of pyridine rings is 1. The monoisotopic (exact) mass is 440 g/mol. The third-order valence-electron chi connectivity index (χ3n) is 5.26. The molecule has 0 saturated heterocycles. The van der Waals surface area contributed by atoms with Gasteiger partial charge < -0.3 is 9.84 Å². The second kappa shape index (κ2) is 8.92. The van der Waals surface area contributed by atoms with Crippen LogP contribution in [0.1, 0.15) is 28.5 Å². The number of carbonyl (C=O) groups is 1. The lowest BCUT2D eigenvalue weighted by molar-refractivity contribution is -0.384. The van der Waals surface area contributed by atoms with Crippen molar-refractivity contribution in [2.24, 2.45) is 0 Å². The Hall–Kier alpha value is -4.52. The molecule has 0 bridgehead atoms. The van der Waals surface area contributed by atoms with Crippen molar-refractivity contribution in [1.82, 2.24) is 4.98 Å². The maximum absolute atomic E-state index is 12.8. The van der Waals surface area contributed by atoms with Crippen LogP contribution < -0.4 is 4.74 Å². The Morgan fingerprint density at radius 3 is 2.48 bits per heavy atom. The van der Waals surface area contributed by atoms with Gasteiger partial charge in [0.2, 0.25) is 0 Å². The number of Topliss-reactive ketones (excluding diaryl/α,β-unsaturated/α-hetero) is 1. The second-order valence-electron chi connectivity index (χ2n) is 7.39. The van der Waals surface area contributed by atoms with E-state index in [1.54, 1.807) is 30.4 Å². The van der Waals surface area contributed by atoms with E-state index in [9.17, 15) is 20.0 Å². The summed E-state index contributed by atoms with van der Waals surface area (Å²) in [4.78, 5) is 28.4. The van der Waals surface area contributed by atoms with Crippen LogP contribution in [-0.2, 0) is 0 Å². The van der Waals surface area contributed by atoms with Crippen LogP contribution in [0.2, 0.25) is 0 Å². The van der Waals surface area contributed by atoms with Crippen molar-refractivity contribution in [3.05, 3.63) is 93.7 Å². The molecule has 4 aromatic rings. The third-order valence-corrected chi connectivity index (χ3v) is 5.26. The van der Waals surface area contributed by atoms with Crippen LogP contribution in [0.4, 0.5) is 5.69 Å². The second-order valence-corrected chi connectivity index (χ2v) is 7.39. The van der Waals surface area contributed by atoms with Gasteiger partial charge in [0.25, 0.3) is 5.69 Å². The summed E-state index contributed by atoms with van der Waals surface area (Å²) in [5.74, 6) is 0.140. The number of nitro groups is 1. The van der Waals surface area contributed by atoms with Crippen LogP contribution in [0.25, 0.3) is 34.2 Å². The topological polar surface area (TPSA) is 103 Å². The molecule has 3 aromatic carbocycles. The fourth-order valence-electron chi connectivity index (χ4n) is 3.74. The fourth-order valence-corrected chi connectivity index (χ4v) is 3.74. The van der Waals surface area contributed by atoms with Crippen LogP contribution in [0.15, 0.2) is 66.7 Å². The van der Waals surface area contributed by atoms with Crippen molar-refractivity contribution >= 4 is 34.5 Å². The lowest BCUT2D eigenvalue weighted by Gasteiger charge is -2.14. The first-order valence-electron chi connectivity index (χ1n) is 10.1. The normalized spacial score (nSPS) is 11.1. The number of nitro benzene ring substituents is 1. The van der Waals surface area contributed by atoms with Gasteiger partial charge in [0.05, 0.1) is 28.8 Å². The SMILES string of the molecule is COc1cc(/C=C/c2nc3ccc([N+](=O)[O-])cc3c(-c3ccccc3)c2C(C)=O)ccc1O. The number of hydrogen-bond donors (Lipinski definition) is 1. The van der Waals surface area contributed by atoms with Crippen LogP contribution in [0.5, 0.6) is 11.5 Å². The number of aromatic nitrogens is 1. The van der Waals surface area contributed by atoms with Crippen molar-refractivity contribution in [2.75, 3.05) is 7.11 Å². The van der Waals surface area contributed by atoms with Gasteiger partial charge in [0.15, 0.2) is 17.3 Å². The molecule has 0 aliphatic rings. The standard InChI is InChI=1S/C26H20N2O5/c1-16(29)25-22(11-8-17-9-13-23(30)24(14-17)33-2)27-21-12-10-19(28(31)32)15-20(21)26(25)18-6-4-3-5-7-18/h3-15,30H,1-2H3/b11-8+. The summed E-state index contributed by atoms with van der Waals surface area (Å²) < 4.78 is 5.16. The first-order chi connectivity index (χ1) is 15.9. The Balaban J connectivity index is 1.99. The molecule has 164 valence electrons. The highest BCUT2D eigenvalue weighted by Crippen LogP contribution is 2.36. The highest BCUT2D eigenvalue weighted by molar-refractivity contribution is 6.11. The molecule has 1 heterocycles. The van der Waals surface area contributed by atoms with Crippen LogP contribution in [0, 0.1) is 10.1 Å². The number of benzene rings is 3. The Labute approximate surface area is 189 Å². The van der Waals surface area contributed by atoms with Gasteiger partial charge in [-0.15, -0.1) is 0 Å². The summed E-state index contributed by atoms with van der Waals surface area (Å²) >= 11 is 0. The number of non-ortho nitro benzene ring substituents is 1. The predicted molar refractivity (Wildman–Crippen MR) is 127 cm³/mol. The zero-order chi connectivity index (χ0) is 23.5. The number of fused-ring (bicyclic) bond motifs is 1. The number of ether oxygens (including phenoxy) is 1. The van der Waals surface area contributed by atoms with Gasteiger partial charge in [0.1, 0.15) is 0 Å². The molecular formula is C26H20N2O5. The van der Waals surface area contributed by atoms with E-state index in [1.807, 2.05) is 30.3 Å². The molecular weight excluding hydrogens is 420 g/mol. The number of nitrogens with zero attached hydrogens (tertiary/aromatic N) is 2. The van der Waals surface area contributed by atoms with E-state index in [0.29, 0.717) is 33.5 Å². The number of carbonyl (C=O) groups excluding carboxylic acids is 1. The van der Waals surface area contributed by atoms with Crippen LogP contribution in [-0.4, -0.2) is 27.9 Å². The van der Waals surface area contributed by atoms with Crippen molar-refractivity contribution in [3.63, 3.8) is 0 Å². The molecule has 7 nitrogen and oxygen atoms in total. The average molecular weight is 440 g/mol. The van der Waals surface area contributed by atoms with Crippen molar-refractivity contribution in [3.8, 4) is 22.6 Å². The molecule has 1 aromatic heterocycles. The van der Waals surface area contributed by atoms with Gasteiger partial charge in [-0.25, -0.2) is 4.98 Å². The number of rotatable bonds is 6. The van der Waals surface area contributed by atoms with Gasteiger partial charge >= 0.3 is 0 Å². The van der Waals surface area contributed by atoms with Crippen molar-refractivity contribution < 1.29 is 19.6 Å². The summed E-state index contributed by atoms with van der Waals surface area (Å²) in [6.45, 7) is 1.45. The summed E-state index contributed by atoms with van der Waals surface area (Å²) in [6, 6.07) is 18.6. The smallest absolute Gasteiger partial charge is 0.270 e. The maximum atomic E-state index is 12.8. The van der Waals surface area contributed by atoms with Gasteiger partial charge in [-0.2, -0.15) is 0 Å². The molecule has 0 aliphatic heterocycles. The van der Waals surface area contributed by atoms with Crippen LogP contribution >= 0.6 is 0 Å². The molecule has 33 heavy (non-hydrogen) atoms. The molecule has 0 saturated carbocycles. The molecule has 0 spiro atoms. The summed E-state index contributed by atoms with van der Waals surface area (Å²) in [6.07, 6.45) is 3.48. The fraction of sp³-hybridized carbons (Fsp3) is 0.0769.